The van der Waals surface area contributed by atoms with Crippen LogP contribution in [0, 0.1) is 0 Å². The van der Waals surface area contributed by atoms with Crippen LogP contribution in [-0.4, -0.2) is 38.7 Å². The Labute approximate surface area is 192 Å². The van der Waals surface area contributed by atoms with E-state index in [9.17, 15) is 4.79 Å². The van der Waals surface area contributed by atoms with Crippen molar-refractivity contribution in [3.8, 4) is 22.8 Å². The molecule has 1 atom stereocenters. The smallest absolute Gasteiger partial charge is 0.246 e. The fraction of sp³-hybridized carbons (Fsp3) is 0.208. The minimum Gasteiger partial charge on any atom is -0.457 e. The second kappa shape index (κ2) is 9.23. The van der Waals surface area contributed by atoms with Crippen LogP contribution in [0.3, 0.4) is 0 Å². The number of nitrogens with two attached hydrogens (primary N) is 2. The molecule has 0 radical (unpaired) electrons. The van der Waals surface area contributed by atoms with Gasteiger partial charge in [0.05, 0.1) is 11.6 Å². The van der Waals surface area contributed by atoms with Gasteiger partial charge in [-0.3, -0.25) is 4.79 Å². The van der Waals surface area contributed by atoms with E-state index < -0.39 is 0 Å². The lowest BCUT2D eigenvalue weighted by atomic mass is 10.1. The SMILES string of the molecule is C=CC(=O)N1CCCC(n2nc(-c3ccc(Oc4ccccc4)cc3)c(C(N)=S)c2N)C1. The van der Waals surface area contributed by atoms with Gasteiger partial charge < -0.3 is 21.1 Å². The molecule has 1 aromatic heterocycles. The zero-order valence-electron chi connectivity index (χ0n) is 17.6. The van der Waals surface area contributed by atoms with Crippen molar-refractivity contribution in [1.29, 1.82) is 0 Å². The molecular formula is C24H25N5O2S. The molecule has 2 heterocycles. The van der Waals surface area contributed by atoms with Crippen molar-refractivity contribution in [2.24, 2.45) is 5.73 Å². The predicted molar refractivity (Wildman–Crippen MR) is 130 cm³/mol. The summed E-state index contributed by atoms with van der Waals surface area (Å²) < 4.78 is 7.62. The van der Waals surface area contributed by atoms with Crippen LogP contribution in [0.5, 0.6) is 11.5 Å². The first-order valence-corrected chi connectivity index (χ1v) is 10.8. The van der Waals surface area contributed by atoms with E-state index in [1.54, 1.807) is 9.58 Å². The van der Waals surface area contributed by atoms with E-state index in [-0.39, 0.29) is 16.9 Å². The fourth-order valence-electron chi connectivity index (χ4n) is 3.96. The molecule has 1 fully saturated rings. The fourth-order valence-corrected chi connectivity index (χ4v) is 4.16. The Morgan fingerprint density at radius 1 is 1.16 bits per heavy atom. The summed E-state index contributed by atoms with van der Waals surface area (Å²) in [5, 5.41) is 4.78. The van der Waals surface area contributed by atoms with E-state index >= 15 is 0 Å². The van der Waals surface area contributed by atoms with Crippen molar-refractivity contribution < 1.29 is 9.53 Å². The molecule has 4 N–H and O–H groups in total. The maximum absolute atomic E-state index is 12.1. The standard InChI is InChI=1S/C24H25N5O2S/c1-2-20(30)28-14-6-7-17(15-28)29-23(25)21(24(26)32)22(27-29)16-10-12-19(13-11-16)31-18-8-4-3-5-9-18/h2-5,8-13,17H,1,6-7,14-15,25H2,(H2,26,32). The molecule has 1 amide bonds. The zero-order chi connectivity index (χ0) is 22.7. The molecule has 1 saturated heterocycles. The summed E-state index contributed by atoms with van der Waals surface area (Å²) in [7, 11) is 0. The summed E-state index contributed by atoms with van der Waals surface area (Å²) in [4.78, 5) is 14.0. The second-order valence-corrected chi connectivity index (χ2v) is 8.08. The van der Waals surface area contributed by atoms with E-state index in [1.807, 2.05) is 54.6 Å². The largest absolute Gasteiger partial charge is 0.457 e. The Morgan fingerprint density at radius 2 is 1.84 bits per heavy atom. The van der Waals surface area contributed by atoms with Crippen LogP contribution < -0.4 is 16.2 Å². The van der Waals surface area contributed by atoms with E-state index in [2.05, 4.69) is 6.58 Å². The Kier molecular flexibility index (Phi) is 6.23. The highest BCUT2D eigenvalue weighted by Gasteiger charge is 2.28. The van der Waals surface area contributed by atoms with Gasteiger partial charge in [0.15, 0.2) is 0 Å². The average Bonchev–Trinajstić information content (AvgIpc) is 3.17. The lowest BCUT2D eigenvalue weighted by molar-refractivity contribution is -0.127. The van der Waals surface area contributed by atoms with Crippen molar-refractivity contribution in [2.45, 2.75) is 18.9 Å². The van der Waals surface area contributed by atoms with Crippen molar-refractivity contribution in [3.05, 3.63) is 72.8 Å². The molecule has 2 aromatic carbocycles. The number of ether oxygens (including phenoxy) is 1. The van der Waals surface area contributed by atoms with E-state index in [0.29, 0.717) is 35.9 Å². The molecule has 1 unspecified atom stereocenters. The number of piperidine rings is 1. The normalized spacial score (nSPS) is 15.9. The van der Waals surface area contributed by atoms with Crippen molar-refractivity contribution in [2.75, 3.05) is 18.8 Å². The summed E-state index contributed by atoms with van der Waals surface area (Å²) in [6.45, 7) is 4.79. The highest BCUT2D eigenvalue weighted by atomic mass is 32.1. The van der Waals surface area contributed by atoms with Gasteiger partial charge >= 0.3 is 0 Å². The summed E-state index contributed by atoms with van der Waals surface area (Å²) in [5.74, 6) is 1.78. The van der Waals surface area contributed by atoms with Gasteiger partial charge in [-0.15, -0.1) is 0 Å². The second-order valence-electron chi connectivity index (χ2n) is 7.64. The van der Waals surface area contributed by atoms with Gasteiger partial charge in [0.25, 0.3) is 0 Å². The first-order chi connectivity index (χ1) is 15.5. The Balaban J connectivity index is 1.63. The maximum atomic E-state index is 12.1. The summed E-state index contributed by atoms with van der Waals surface area (Å²) in [6, 6.07) is 17.0. The summed E-state index contributed by atoms with van der Waals surface area (Å²) in [5.41, 5.74) is 14.5. The highest BCUT2D eigenvalue weighted by Crippen LogP contribution is 2.33. The van der Waals surface area contributed by atoms with Crippen molar-refractivity contribution in [3.63, 3.8) is 0 Å². The molecule has 8 heteroatoms. The molecule has 32 heavy (non-hydrogen) atoms. The maximum Gasteiger partial charge on any atom is 0.246 e. The molecule has 7 nitrogen and oxygen atoms in total. The third kappa shape index (κ3) is 4.36. The van der Waals surface area contributed by atoms with Gasteiger partial charge in [0, 0.05) is 18.7 Å². The Bertz CT molecular complexity index is 1140. The number of likely N-dealkylation sites (tertiary alicyclic amines) is 1. The Hall–Kier alpha value is -3.65. The summed E-state index contributed by atoms with van der Waals surface area (Å²) in [6.07, 6.45) is 3.04. The van der Waals surface area contributed by atoms with Crippen LogP contribution in [0.25, 0.3) is 11.3 Å². The lowest BCUT2D eigenvalue weighted by Gasteiger charge is -2.32. The number of carbonyl (C=O) groups excluding carboxylic acids is 1. The minimum absolute atomic E-state index is 0.0600. The number of para-hydroxylation sites is 1. The van der Waals surface area contributed by atoms with Crippen LogP contribution in [0.4, 0.5) is 5.82 Å². The third-order valence-electron chi connectivity index (χ3n) is 5.53. The number of hydrogen-bond acceptors (Lipinski definition) is 5. The molecule has 3 aromatic rings. The lowest BCUT2D eigenvalue weighted by Crippen LogP contribution is -2.40. The average molecular weight is 448 g/mol. The molecule has 1 aliphatic rings. The molecular weight excluding hydrogens is 422 g/mol. The van der Waals surface area contributed by atoms with Crippen LogP contribution in [0.1, 0.15) is 24.4 Å². The van der Waals surface area contributed by atoms with Crippen molar-refractivity contribution in [1.82, 2.24) is 14.7 Å². The minimum atomic E-state index is -0.0933. The molecule has 164 valence electrons. The third-order valence-corrected chi connectivity index (χ3v) is 5.73. The first-order valence-electron chi connectivity index (χ1n) is 10.4. The summed E-state index contributed by atoms with van der Waals surface area (Å²) >= 11 is 5.29. The Morgan fingerprint density at radius 3 is 2.50 bits per heavy atom. The number of carbonyl (C=O) groups is 1. The van der Waals surface area contributed by atoms with Gasteiger partial charge in [-0.25, -0.2) is 4.68 Å². The number of nitrogens with zero attached hydrogens (tertiary/aromatic N) is 3. The molecule has 1 aliphatic heterocycles. The highest BCUT2D eigenvalue weighted by molar-refractivity contribution is 7.80. The monoisotopic (exact) mass is 447 g/mol. The molecule has 0 aliphatic carbocycles. The van der Waals surface area contributed by atoms with Crippen LogP contribution in [0.15, 0.2) is 67.3 Å². The first kappa shape index (κ1) is 21.6. The molecule has 0 saturated carbocycles. The number of anilines is 1. The van der Waals surface area contributed by atoms with Gasteiger partial charge in [-0.2, -0.15) is 5.10 Å². The van der Waals surface area contributed by atoms with Gasteiger partial charge in [-0.05, 0) is 55.3 Å². The quantitative estimate of drug-likeness (QED) is 0.439. The molecule has 0 bridgehead atoms. The van der Waals surface area contributed by atoms with Gasteiger partial charge in [0.1, 0.15) is 28.0 Å². The van der Waals surface area contributed by atoms with Crippen molar-refractivity contribution >= 4 is 28.9 Å². The number of amides is 1. The molecule has 4 rings (SSSR count). The number of thiocarbonyl (C=S) groups is 1. The molecule has 0 spiro atoms. The van der Waals surface area contributed by atoms with E-state index in [4.69, 9.17) is 33.5 Å². The van der Waals surface area contributed by atoms with Crippen LogP contribution >= 0.6 is 12.2 Å². The number of benzene rings is 2. The van der Waals surface area contributed by atoms with Gasteiger partial charge in [0.2, 0.25) is 5.91 Å². The van der Waals surface area contributed by atoms with Crippen LogP contribution in [-0.2, 0) is 4.79 Å². The number of rotatable bonds is 6. The topological polar surface area (TPSA) is 99.4 Å². The van der Waals surface area contributed by atoms with E-state index in [1.165, 1.54) is 6.08 Å². The zero-order valence-corrected chi connectivity index (χ0v) is 18.4. The predicted octanol–water partition coefficient (Wildman–Crippen LogP) is 3.91. The van der Waals surface area contributed by atoms with Gasteiger partial charge in [-0.1, -0.05) is 37.0 Å². The number of aromatic nitrogens is 2. The van der Waals surface area contributed by atoms with Crippen LogP contribution in [0.2, 0.25) is 0 Å². The number of hydrogen-bond donors (Lipinski definition) is 2. The van der Waals surface area contributed by atoms with E-state index in [0.717, 1.165) is 24.2 Å². The number of nitrogen functional groups attached to an aromatic ring is 1.